The van der Waals surface area contributed by atoms with E-state index in [1.165, 1.54) is 6.21 Å². The van der Waals surface area contributed by atoms with E-state index in [1.54, 1.807) is 24.5 Å². The molecule has 1 amide bonds. The van der Waals surface area contributed by atoms with E-state index < -0.39 is 0 Å². The van der Waals surface area contributed by atoms with Gasteiger partial charge >= 0.3 is 0 Å². The molecule has 0 spiro atoms. The van der Waals surface area contributed by atoms with Crippen LogP contribution in [0.25, 0.3) is 6.08 Å². The Morgan fingerprint density at radius 1 is 1.15 bits per heavy atom. The van der Waals surface area contributed by atoms with Gasteiger partial charge in [-0.2, -0.15) is 5.10 Å². The van der Waals surface area contributed by atoms with E-state index in [4.69, 9.17) is 0 Å². The summed E-state index contributed by atoms with van der Waals surface area (Å²) in [6.07, 6.45) is 6.56. The zero-order chi connectivity index (χ0) is 14.2. The van der Waals surface area contributed by atoms with Crippen LogP contribution in [0.1, 0.15) is 15.9 Å². The number of aromatic nitrogens is 1. The van der Waals surface area contributed by atoms with Crippen LogP contribution in [-0.2, 0) is 0 Å². The number of nitrogens with zero attached hydrogens (tertiary/aromatic N) is 2. The molecule has 2 aromatic rings. The maximum Gasteiger partial charge on any atom is 0.271 e. The summed E-state index contributed by atoms with van der Waals surface area (Å²) < 4.78 is 0.763. The van der Waals surface area contributed by atoms with Gasteiger partial charge in [0.25, 0.3) is 5.91 Å². The number of pyridine rings is 1. The van der Waals surface area contributed by atoms with Crippen molar-refractivity contribution in [2.75, 3.05) is 0 Å². The van der Waals surface area contributed by atoms with Crippen molar-refractivity contribution in [2.24, 2.45) is 5.10 Å². The van der Waals surface area contributed by atoms with Gasteiger partial charge in [-0.15, -0.1) is 0 Å². The molecular weight excluding hydrogens is 318 g/mol. The summed E-state index contributed by atoms with van der Waals surface area (Å²) in [5.41, 5.74) is 4.01. The molecule has 4 nitrogen and oxygen atoms in total. The SMILES string of the molecule is O=C(N/N=C\C(Br)=C\c1ccccc1)c1ccncc1. The van der Waals surface area contributed by atoms with Crippen molar-refractivity contribution in [3.05, 3.63) is 70.5 Å². The Labute approximate surface area is 125 Å². The highest BCUT2D eigenvalue weighted by molar-refractivity contribution is 9.12. The third-order valence-electron chi connectivity index (χ3n) is 2.40. The molecule has 20 heavy (non-hydrogen) atoms. The smallest absolute Gasteiger partial charge is 0.267 e. The van der Waals surface area contributed by atoms with Gasteiger partial charge in [0.15, 0.2) is 0 Å². The topological polar surface area (TPSA) is 54.4 Å². The van der Waals surface area contributed by atoms with Crippen molar-refractivity contribution in [1.29, 1.82) is 0 Å². The fourth-order valence-electron chi connectivity index (χ4n) is 1.47. The molecule has 0 saturated heterocycles. The Balaban J connectivity index is 1.94. The summed E-state index contributed by atoms with van der Waals surface area (Å²) in [7, 11) is 0. The number of hydrazone groups is 1. The van der Waals surface area contributed by atoms with Gasteiger partial charge < -0.3 is 0 Å². The average Bonchev–Trinajstić information content (AvgIpc) is 2.49. The van der Waals surface area contributed by atoms with Crippen molar-refractivity contribution in [3.8, 4) is 0 Å². The molecular formula is C15H12BrN3O. The summed E-state index contributed by atoms with van der Waals surface area (Å²) in [5, 5.41) is 3.88. The van der Waals surface area contributed by atoms with Crippen LogP contribution >= 0.6 is 15.9 Å². The number of rotatable bonds is 4. The molecule has 0 aliphatic rings. The second kappa shape index (κ2) is 7.35. The number of amides is 1. The van der Waals surface area contributed by atoms with Gasteiger partial charge in [-0.1, -0.05) is 30.3 Å². The quantitative estimate of drug-likeness (QED) is 0.691. The zero-order valence-electron chi connectivity index (χ0n) is 10.5. The molecule has 0 atom stereocenters. The molecule has 1 aromatic carbocycles. The second-order valence-corrected chi connectivity index (χ2v) is 4.79. The Bertz CT molecular complexity index is 624. The predicted molar refractivity (Wildman–Crippen MR) is 83.5 cm³/mol. The van der Waals surface area contributed by atoms with Gasteiger partial charge in [0.2, 0.25) is 0 Å². The van der Waals surface area contributed by atoms with Gasteiger partial charge in [0.05, 0.1) is 6.21 Å². The van der Waals surface area contributed by atoms with Crippen molar-refractivity contribution >= 4 is 34.1 Å². The number of benzene rings is 1. The average molecular weight is 330 g/mol. The van der Waals surface area contributed by atoms with Gasteiger partial charge in [0, 0.05) is 22.4 Å². The molecule has 0 radical (unpaired) electrons. The van der Waals surface area contributed by atoms with Gasteiger partial charge in [-0.3, -0.25) is 9.78 Å². The summed E-state index contributed by atoms with van der Waals surface area (Å²) in [5.74, 6) is -0.274. The lowest BCUT2D eigenvalue weighted by molar-refractivity contribution is 0.0955. The first-order valence-corrected chi connectivity index (χ1v) is 6.71. The first-order chi connectivity index (χ1) is 9.75. The number of nitrogens with one attached hydrogen (secondary N) is 1. The number of hydrogen-bond acceptors (Lipinski definition) is 3. The third-order valence-corrected chi connectivity index (χ3v) is 2.83. The molecule has 1 N–H and O–H groups in total. The second-order valence-electron chi connectivity index (χ2n) is 3.87. The fourth-order valence-corrected chi connectivity index (χ4v) is 1.83. The molecule has 0 bridgehead atoms. The van der Waals surface area contributed by atoms with Crippen LogP contribution in [0.15, 0.2) is 64.4 Å². The van der Waals surface area contributed by atoms with Crippen LogP contribution in [0, 0.1) is 0 Å². The van der Waals surface area contributed by atoms with E-state index in [1.807, 2.05) is 36.4 Å². The standard InChI is InChI=1S/C15H12BrN3O/c16-14(10-12-4-2-1-3-5-12)11-18-19-15(20)13-6-8-17-9-7-13/h1-11H,(H,19,20)/b14-10-,18-11-. The monoisotopic (exact) mass is 329 g/mol. The molecule has 0 unspecified atom stereocenters. The molecule has 5 heteroatoms. The minimum Gasteiger partial charge on any atom is -0.267 e. The largest absolute Gasteiger partial charge is 0.271 e. The van der Waals surface area contributed by atoms with Crippen molar-refractivity contribution < 1.29 is 4.79 Å². The number of carbonyl (C=O) groups is 1. The van der Waals surface area contributed by atoms with E-state index in [0.717, 1.165) is 10.0 Å². The van der Waals surface area contributed by atoms with E-state index in [0.29, 0.717) is 5.56 Å². The Kier molecular flexibility index (Phi) is 5.20. The van der Waals surface area contributed by atoms with Crippen LogP contribution in [0.3, 0.4) is 0 Å². The molecule has 0 aliphatic carbocycles. The summed E-state index contributed by atoms with van der Waals surface area (Å²) in [6, 6.07) is 13.1. The fraction of sp³-hybridized carbons (Fsp3) is 0. The highest BCUT2D eigenvalue weighted by Gasteiger charge is 2.01. The molecule has 1 heterocycles. The van der Waals surface area contributed by atoms with Crippen molar-refractivity contribution in [2.45, 2.75) is 0 Å². The first kappa shape index (κ1) is 14.1. The minimum absolute atomic E-state index is 0.274. The van der Waals surface area contributed by atoms with Crippen molar-refractivity contribution in [1.82, 2.24) is 10.4 Å². The van der Waals surface area contributed by atoms with Crippen LogP contribution in [0.4, 0.5) is 0 Å². The molecule has 2 rings (SSSR count). The number of hydrogen-bond donors (Lipinski definition) is 1. The summed E-state index contributed by atoms with van der Waals surface area (Å²) in [6.45, 7) is 0. The summed E-state index contributed by atoms with van der Waals surface area (Å²) >= 11 is 3.37. The number of carbonyl (C=O) groups excluding carboxylic acids is 1. The third kappa shape index (κ3) is 4.44. The number of halogens is 1. The zero-order valence-corrected chi connectivity index (χ0v) is 12.1. The highest BCUT2D eigenvalue weighted by Crippen LogP contribution is 2.09. The van der Waals surface area contributed by atoms with Crippen molar-refractivity contribution in [3.63, 3.8) is 0 Å². The lowest BCUT2D eigenvalue weighted by Crippen LogP contribution is -2.17. The molecule has 1 aromatic heterocycles. The van der Waals surface area contributed by atoms with E-state index in [-0.39, 0.29) is 5.91 Å². The maximum atomic E-state index is 11.7. The molecule has 0 aliphatic heterocycles. The molecule has 0 fully saturated rings. The van der Waals surface area contributed by atoms with Gasteiger partial charge in [0.1, 0.15) is 0 Å². The maximum absolute atomic E-state index is 11.7. The lowest BCUT2D eigenvalue weighted by Gasteiger charge is -1.98. The number of allylic oxidation sites excluding steroid dienone is 1. The highest BCUT2D eigenvalue weighted by atomic mass is 79.9. The van der Waals surface area contributed by atoms with E-state index >= 15 is 0 Å². The van der Waals surface area contributed by atoms with Crippen LogP contribution in [0.5, 0.6) is 0 Å². The Morgan fingerprint density at radius 3 is 2.55 bits per heavy atom. The minimum atomic E-state index is -0.274. The van der Waals surface area contributed by atoms with Crippen LogP contribution in [-0.4, -0.2) is 17.1 Å². The first-order valence-electron chi connectivity index (χ1n) is 5.91. The normalized spacial score (nSPS) is 11.6. The lowest BCUT2D eigenvalue weighted by atomic mass is 10.2. The molecule has 100 valence electrons. The molecule has 0 saturated carbocycles. The Morgan fingerprint density at radius 2 is 1.85 bits per heavy atom. The Hall–Kier alpha value is -2.27. The van der Waals surface area contributed by atoms with Crippen LogP contribution in [0.2, 0.25) is 0 Å². The predicted octanol–water partition coefficient (Wildman–Crippen LogP) is 3.23. The van der Waals surface area contributed by atoms with Crippen LogP contribution < -0.4 is 5.43 Å². The van der Waals surface area contributed by atoms with Gasteiger partial charge in [-0.25, -0.2) is 5.43 Å². The van der Waals surface area contributed by atoms with Gasteiger partial charge in [-0.05, 0) is 39.7 Å². The van der Waals surface area contributed by atoms with E-state index in [2.05, 4.69) is 31.4 Å². The summed E-state index contributed by atoms with van der Waals surface area (Å²) in [4.78, 5) is 15.5. The van der Waals surface area contributed by atoms with E-state index in [9.17, 15) is 4.79 Å².